The lowest BCUT2D eigenvalue weighted by atomic mass is 10.1. The van der Waals surface area contributed by atoms with Crippen molar-refractivity contribution in [2.45, 2.75) is 33.3 Å². The molecule has 0 bridgehead atoms. The van der Waals surface area contributed by atoms with Crippen molar-refractivity contribution in [3.05, 3.63) is 24.5 Å². The second-order valence-electron chi connectivity index (χ2n) is 5.68. The van der Waals surface area contributed by atoms with E-state index in [1.54, 1.807) is 12.4 Å². The fourth-order valence-electron chi connectivity index (χ4n) is 1.80. The number of hydrogen-bond donors (Lipinski definition) is 0. The van der Waals surface area contributed by atoms with E-state index in [1.165, 1.54) is 16.2 Å². The molecule has 0 aliphatic heterocycles. The van der Waals surface area contributed by atoms with Gasteiger partial charge in [0, 0.05) is 30.1 Å². The molecule has 2 aromatic rings. The summed E-state index contributed by atoms with van der Waals surface area (Å²) >= 11 is 1.35. The molecule has 0 aliphatic rings. The number of ether oxygens (including phenoxy) is 1. The van der Waals surface area contributed by atoms with Gasteiger partial charge in [0.25, 0.3) is 0 Å². The largest absolute Gasteiger partial charge is 0.443 e. The zero-order valence-corrected chi connectivity index (χ0v) is 14.0. The van der Waals surface area contributed by atoms with Crippen molar-refractivity contribution in [3.63, 3.8) is 0 Å². The molecule has 2 heterocycles. The molecule has 0 spiro atoms. The van der Waals surface area contributed by atoms with Gasteiger partial charge in [-0.15, -0.1) is 0 Å². The molecule has 5 nitrogen and oxygen atoms in total. The van der Waals surface area contributed by atoms with E-state index in [1.807, 2.05) is 39.8 Å². The lowest BCUT2D eigenvalue weighted by molar-refractivity contribution is 0.0583. The van der Waals surface area contributed by atoms with Gasteiger partial charge < -0.3 is 4.74 Å². The van der Waals surface area contributed by atoms with E-state index in [2.05, 4.69) is 9.97 Å². The number of nitrogens with zero attached hydrogens (tertiary/aromatic N) is 3. The Labute approximate surface area is 135 Å². The summed E-state index contributed by atoms with van der Waals surface area (Å²) in [5.74, 6) is 0. The van der Waals surface area contributed by atoms with Crippen LogP contribution in [0.15, 0.2) is 24.5 Å². The Morgan fingerprint density at radius 3 is 2.73 bits per heavy atom. The number of hydrogen-bond acceptors (Lipinski definition) is 5. The molecule has 0 saturated heterocycles. The third-order valence-corrected chi connectivity index (χ3v) is 3.86. The van der Waals surface area contributed by atoms with Crippen LogP contribution >= 0.6 is 11.3 Å². The number of carbonyl (C=O) groups is 1. The summed E-state index contributed by atoms with van der Waals surface area (Å²) in [6.07, 6.45) is 2.98. The topological polar surface area (TPSA) is 55.3 Å². The second kappa shape index (κ2) is 6.48. The Balaban J connectivity index is 2.31. The first kappa shape index (κ1) is 16.5. The van der Waals surface area contributed by atoms with Gasteiger partial charge in [-0.25, -0.2) is 4.79 Å². The monoisotopic (exact) mass is 315 g/mol. The first-order valence-corrected chi connectivity index (χ1v) is 7.80. The number of anilines is 1. The van der Waals surface area contributed by atoms with Gasteiger partial charge in [-0.3, -0.25) is 14.9 Å². The van der Waals surface area contributed by atoms with Crippen molar-refractivity contribution >= 4 is 35.9 Å². The second-order valence-corrected chi connectivity index (χ2v) is 6.65. The predicted octanol–water partition coefficient (Wildman–Crippen LogP) is 2.76. The molecule has 0 aliphatic carbocycles. The van der Waals surface area contributed by atoms with Crippen LogP contribution in [0.5, 0.6) is 0 Å². The van der Waals surface area contributed by atoms with Crippen LogP contribution < -0.4 is 10.5 Å². The molecule has 2 aromatic heterocycles. The quantitative estimate of drug-likeness (QED) is 0.817. The van der Waals surface area contributed by atoms with Gasteiger partial charge in [0.15, 0.2) is 0 Å². The Morgan fingerprint density at radius 2 is 2.18 bits per heavy atom. The van der Waals surface area contributed by atoms with Crippen molar-refractivity contribution in [2.24, 2.45) is 0 Å². The molecule has 0 fully saturated rings. The van der Waals surface area contributed by atoms with Gasteiger partial charge >= 0.3 is 6.09 Å². The maximum atomic E-state index is 12.3. The van der Waals surface area contributed by atoms with Crippen LogP contribution in [0.1, 0.15) is 27.7 Å². The molecule has 2 radical (unpaired) electrons. The van der Waals surface area contributed by atoms with Crippen LogP contribution in [0.2, 0.25) is 0 Å². The summed E-state index contributed by atoms with van der Waals surface area (Å²) in [6, 6.07) is 3.73. The fourth-order valence-corrected chi connectivity index (χ4v) is 2.83. The summed E-state index contributed by atoms with van der Waals surface area (Å²) < 4.78 is 5.41. The molecular formula is C15H18BN3O2S. The maximum absolute atomic E-state index is 12.3. The van der Waals surface area contributed by atoms with Gasteiger partial charge in [0.1, 0.15) is 23.5 Å². The van der Waals surface area contributed by atoms with E-state index in [0.29, 0.717) is 17.1 Å². The fraction of sp³-hybridized carbons (Fsp3) is 0.400. The minimum Gasteiger partial charge on any atom is -0.443 e. The van der Waals surface area contributed by atoms with Gasteiger partial charge in [-0.1, -0.05) is 11.3 Å². The zero-order chi connectivity index (χ0) is 16.3. The summed E-state index contributed by atoms with van der Waals surface area (Å²) in [6.45, 7) is 7.81. The summed E-state index contributed by atoms with van der Waals surface area (Å²) in [5.41, 5.74) is 0.623. The molecule has 0 atom stereocenters. The highest BCUT2D eigenvalue weighted by molar-refractivity contribution is 7.20. The van der Waals surface area contributed by atoms with Crippen LogP contribution in [0.3, 0.4) is 0 Å². The molecule has 0 saturated carbocycles. The Bertz CT molecular complexity index is 653. The minimum absolute atomic E-state index is 0.316. The number of pyridine rings is 1. The highest BCUT2D eigenvalue weighted by atomic mass is 32.1. The lowest BCUT2D eigenvalue weighted by Crippen LogP contribution is -2.38. The zero-order valence-electron chi connectivity index (χ0n) is 13.2. The van der Waals surface area contributed by atoms with E-state index < -0.39 is 11.7 Å². The van der Waals surface area contributed by atoms with Gasteiger partial charge in [0.2, 0.25) is 0 Å². The maximum Gasteiger partial charge on any atom is 0.415 e. The van der Waals surface area contributed by atoms with Crippen LogP contribution in [0.25, 0.3) is 10.6 Å². The van der Waals surface area contributed by atoms with Crippen molar-refractivity contribution in [2.75, 3.05) is 11.4 Å². The predicted molar refractivity (Wildman–Crippen MR) is 90.0 cm³/mol. The van der Waals surface area contributed by atoms with E-state index in [-0.39, 0.29) is 0 Å². The number of rotatable bonds is 3. The molecule has 1 amide bonds. The van der Waals surface area contributed by atoms with Gasteiger partial charge in [-0.05, 0) is 39.8 Å². The lowest BCUT2D eigenvalue weighted by Gasteiger charge is -2.25. The molecule has 2 rings (SSSR count). The SMILES string of the molecule is [B]c1nc(-c2cccnc2)sc1N(CC)C(=O)OC(C)(C)C. The van der Waals surface area contributed by atoms with Crippen molar-refractivity contribution < 1.29 is 9.53 Å². The summed E-state index contributed by atoms with van der Waals surface area (Å²) in [7, 11) is 5.99. The molecule has 7 heteroatoms. The third kappa shape index (κ3) is 3.85. The van der Waals surface area contributed by atoms with Crippen LogP contribution in [-0.2, 0) is 4.74 Å². The smallest absolute Gasteiger partial charge is 0.415 e. The number of carbonyl (C=O) groups excluding carboxylic acids is 1. The van der Waals surface area contributed by atoms with Crippen molar-refractivity contribution in [1.29, 1.82) is 0 Å². The Morgan fingerprint density at radius 1 is 1.45 bits per heavy atom. The normalized spacial score (nSPS) is 11.3. The highest BCUT2D eigenvalue weighted by Crippen LogP contribution is 2.29. The molecular weight excluding hydrogens is 297 g/mol. The molecule has 22 heavy (non-hydrogen) atoms. The average molecular weight is 315 g/mol. The number of thiazole rings is 1. The van der Waals surface area contributed by atoms with Crippen LogP contribution in [0.4, 0.5) is 9.80 Å². The van der Waals surface area contributed by atoms with E-state index >= 15 is 0 Å². The summed E-state index contributed by atoms with van der Waals surface area (Å²) in [5, 5.41) is 1.32. The minimum atomic E-state index is -0.559. The first-order chi connectivity index (χ1) is 10.3. The van der Waals surface area contributed by atoms with Gasteiger partial charge in [0.05, 0.1) is 0 Å². The van der Waals surface area contributed by atoms with Crippen molar-refractivity contribution in [3.8, 4) is 10.6 Å². The first-order valence-electron chi connectivity index (χ1n) is 6.99. The number of aromatic nitrogens is 2. The molecule has 0 unspecified atom stereocenters. The van der Waals surface area contributed by atoms with Crippen molar-refractivity contribution in [1.82, 2.24) is 9.97 Å². The van der Waals surface area contributed by atoms with Crippen LogP contribution in [-0.4, -0.2) is 36.1 Å². The van der Waals surface area contributed by atoms with E-state index in [4.69, 9.17) is 12.6 Å². The number of amides is 1. The summed E-state index contributed by atoms with van der Waals surface area (Å²) in [4.78, 5) is 22.2. The Hall–Kier alpha value is -1.89. The average Bonchev–Trinajstić information content (AvgIpc) is 2.81. The van der Waals surface area contributed by atoms with Gasteiger partial charge in [-0.2, -0.15) is 0 Å². The standard InChI is InChI=1S/C15H18BN3O2S/c1-5-19(14(20)21-15(2,3)4)13-11(16)18-12(22-13)10-7-6-8-17-9-10/h6-9H,5H2,1-4H3. The third-order valence-electron chi connectivity index (χ3n) is 2.72. The molecule has 0 N–H and O–H groups in total. The molecule has 0 aromatic carbocycles. The Kier molecular flexibility index (Phi) is 4.85. The van der Waals surface area contributed by atoms with Crippen LogP contribution in [0, 0.1) is 0 Å². The van der Waals surface area contributed by atoms with E-state index in [0.717, 1.165) is 10.6 Å². The van der Waals surface area contributed by atoms with E-state index in [9.17, 15) is 4.79 Å². The highest BCUT2D eigenvalue weighted by Gasteiger charge is 2.25. The molecule has 114 valence electrons.